The van der Waals surface area contributed by atoms with E-state index in [0.717, 1.165) is 13.0 Å². The molecular weight excluding hydrogens is 230 g/mol. The summed E-state index contributed by atoms with van der Waals surface area (Å²) < 4.78 is 0. The molecule has 1 aromatic heterocycles. The first-order chi connectivity index (χ1) is 8.47. The Hall–Kier alpha value is -1.56. The normalized spacial score (nSPS) is 12.7. The zero-order valence-electron chi connectivity index (χ0n) is 11.6. The minimum atomic E-state index is -0.170. The molecule has 0 aliphatic rings. The van der Waals surface area contributed by atoms with Crippen LogP contribution in [-0.4, -0.2) is 47.2 Å². The van der Waals surface area contributed by atoms with Gasteiger partial charge in [0, 0.05) is 24.8 Å². The molecule has 1 unspecified atom stereocenters. The molecule has 0 aromatic carbocycles. The van der Waals surface area contributed by atoms with Crippen molar-refractivity contribution in [1.29, 1.82) is 0 Å². The number of aromatic amines is 1. The monoisotopic (exact) mass is 253 g/mol. The molecule has 1 amide bonds. The summed E-state index contributed by atoms with van der Waals surface area (Å²) in [5.74, 6) is 0.0802. The summed E-state index contributed by atoms with van der Waals surface area (Å²) in [5, 5.41) is 9.36. The van der Waals surface area contributed by atoms with Gasteiger partial charge in [-0.3, -0.25) is 9.89 Å². The highest BCUT2D eigenvalue weighted by Gasteiger charge is 2.15. The molecule has 0 aliphatic heterocycles. The number of hydrogen-bond acceptors (Lipinski definition) is 4. The quantitative estimate of drug-likeness (QED) is 0.698. The molecule has 0 spiro atoms. The maximum Gasteiger partial charge on any atom is 0.256 e. The smallest absolute Gasteiger partial charge is 0.256 e. The molecule has 0 bridgehead atoms. The van der Waals surface area contributed by atoms with Gasteiger partial charge in [-0.2, -0.15) is 5.10 Å². The number of H-pyrrole nitrogens is 1. The van der Waals surface area contributed by atoms with E-state index in [9.17, 15) is 4.79 Å². The number of aromatic nitrogens is 2. The number of aryl methyl sites for hydroxylation is 1. The van der Waals surface area contributed by atoms with Crippen LogP contribution in [0.1, 0.15) is 36.3 Å². The molecule has 1 aromatic rings. The number of nitrogens with two attached hydrogens (primary N) is 1. The van der Waals surface area contributed by atoms with Gasteiger partial charge in [-0.1, -0.05) is 6.92 Å². The topological polar surface area (TPSA) is 87.0 Å². The number of carbonyl (C=O) groups is 1. The molecule has 0 aliphatic carbocycles. The Bertz CT molecular complexity index is 382. The molecule has 0 fully saturated rings. The average molecular weight is 253 g/mol. The minimum Gasteiger partial charge on any atom is -0.382 e. The van der Waals surface area contributed by atoms with Crippen molar-refractivity contribution in [3.63, 3.8) is 0 Å². The fourth-order valence-corrected chi connectivity index (χ4v) is 1.70. The Balaban J connectivity index is 2.43. The van der Waals surface area contributed by atoms with Crippen LogP contribution in [0.15, 0.2) is 0 Å². The highest BCUT2D eigenvalue weighted by molar-refractivity contribution is 5.99. The van der Waals surface area contributed by atoms with E-state index in [0.29, 0.717) is 23.8 Å². The molecule has 6 heteroatoms. The van der Waals surface area contributed by atoms with Gasteiger partial charge < -0.3 is 16.0 Å². The number of amides is 1. The number of nitrogens with zero attached hydrogens (tertiary/aromatic N) is 2. The maximum atomic E-state index is 11.9. The van der Waals surface area contributed by atoms with Crippen LogP contribution in [0.5, 0.6) is 0 Å². The van der Waals surface area contributed by atoms with Gasteiger partial charge in [0.15, 0.2) is 5.82 Å². The second-order valence-corrected chi connectivity index (χ2v) is 4.60. The van der Waals surface area contributed by atoms with E-state index in [1.807, 2.05) is 0 Å². The fourth-order valence-electron chi connectivity index (χ4n) is 1.70. The van der Waals surface area contributed by atoms with E-state index >= 15 is 0 Å². The molecule has 0 radical (unpaired) electrons. The van der Waals surface area contributed by atoms with Gasteiger partial charge in [-0.15, -0.1) is 0 Å². The van der Waals surface area contributed by atoms with Gasteiger partial charge in [0.2, 0.25) is 0 Å². The fraction of sp³-hybridized carbons (Fsp3) is 0.667. The number of nitrogen functional groups attached to an aromatic ring is 1. The third-order valence-corrected chi connectivity index (χ3v) is 3.30. The average Bonchev–Trinajstić information content (AvgIpc) is 2.67. The number of anilines is 1. The summed E-state index contributed by atoms with van der Waals surface area (Å²) in [7, 11) is 2.05. The molecule has 18 heavy (non-hydrogen) atoms. The molecular formula is C12H23N5O. The predicted octanol–water partition coefficient (Wildman–Crippen LogP) is 0.760. The largest absolute Gasteiger partial charge is 0.382 e. The van der Waals surface area contributed by atoms with E-state index in [1.54, 1.807) is 6.92 Å². The molecule has 1 heterocycles. The summed E-state index contributed by atoms with van der Waals surface area (Å²) >= 11 is 0. The number of likely N-dealkylation sites (N-methyl/N-ethyl adjacent to an activating group) is 1. The summed E-state index contributed by atoms with van der Waals surface area (Å²) in [6.45, 7) is 7.51. The Kier molecular flexibility index (Phi) is 5.15. The van der Waals surface area contributed by atoms with Crippen molar-refractivity contribution >= 4 is 11.7 Å². The van der Waals surface area contributed by atoms with Crippen LogP contribution >= 0.6 is 0 Å². The number of nitrogens with one attached hydrogen (secondary N) is 2. The zero-order chi connectivity index (χ0) is 13.7. The lowest BCUT2D eigenvalue weighted by atomic mass is 10.2. The third kappa shape index (κ3) is 3.46. The Morgan fingerprint density at radius 3 is 2.78 bits per heavy atom. The van der Waals surface area contributed by atoms with Gasteiger partial charge in [-0.05, 0) is 27.3 Å². The van der Waals surface area contributed by atoms with Gasteiger partial charge >= 0.3 is 0 Å². The Labute approximate surface area is 108 Å². The molecule has 4 N–H and O–H groups in total. The van der Waals surface area contributed by atoms with E-state index in [2.05, 4.69) is 41.3 Å². The van der Waals surface area contributed by atoms with Crippen LogP contribution in [0, 0.1) is 6.92 Å². The lowest BCUT2D eigenvalue weighted by Crippen LogP contribution is -2.37. The maximum absolute atomic E-state index is 11.9. The Morgan fingerprint density at radius 1 is 1.61 bits per heavy atom. The van der Waals surface area contributed by atoms with Crippen LogP contribution in [0.4, 0.5) is 5.82 Å². The van der Waals surface area contributed by atoms with Crippen LogP contribution in [0.3, 0.4) is 0 Å². The van der Waals surface area contributed by atoms with E-state index in [-0.39, 0.29) is 11.7 Å². The van der Waals surface area contributed by atoms with Crippen molar-refractivity contribution in [2.75, 3.05) is 25.9 Å². The van der Waals surface area contributed by atoms with Crippen molar-refractivity contribution in [1.82, 2.24) is 20.4 Å². The van der Waals surface area contributed by atoms with Crippen molar-refractivity contribution < 1.29 is 4.79 Å². The Morgan fingerprint density at radius 2 is 2.28 bits per heavy atom. The van der Waals surface area contributed by atoms with E-state index < -0.39 is 0 Å². The van der Waals surface area contributed by atoms with Crippen LogP contribution in [0.25, 0.3) is 0 Å². The lowest BCUT2D eigenvalue weighted by molar-refractivity contribution is 0.0948. The predicted molar refractivity (Wildman–Crippen MR) is 72.5 cm³/mol. The van der Waals surface area contributed by atoms with Gasteiger partial charge in [0.25, 0.3) is 5.91 Å². The molecule has 0 saturated heterocycles. The van der Waals surface area contributed by atoms with Gasteiger partial charge in [-0.25, -0.2) is 0 Å². The molecule has 1 atom stereocenters. The number of hydrogen-bond donors (Lipinski definition) is 3. The molecule has 0 saturated carbocycles. The SMILES string of the molecule is CCC(C)N(C)CCNC(=O)c1c(N)n[nH]c1C. The second kappa shape index (κ2) is 6.39. The summed E-state index contributed by atoms with van der Waals surface area (Å²) in [4.78, 5) is 14.1. The van der Waals surface area contributed by atoms with Crippen LogP contribution < -0.4 is 11.1 Å². The van der Waals surface area contributed by atoms with Gasteiger partial charge in [0.05, 0.1) is 0 Å². The lowest BCUT2D eigenvalue weighted by Gasteiger charge is -2.23. The van der Waals surface area contributed by atoms with E-state index in [1.165, 1.54) is 0 Å². The van der Waals surface area contributed by atoms with Crippen molar-refractivity contribution in [3.8, 4) is 0 Å². The molecule has 102 valence electrons. The highest BCUT2D eigenvalue weighted by atomic mass is 16.1. The van der Waals surface area contributed by atoms with Gasteiger partial charge in [0.1, 0.15) is 5.56 Å². The molecule has 6 nitrogen and oxygen atoms in total. The third-order valence-electron chi connectivity index (χ3n) is 3.30. The summed E-state index contributed by atoms with van der Waals surface area (Å²) in [5.41, 5.74) is 6.77. The first-order valence-corrected chi connectivity index (χ1v) is 6.26. The summed E-state index contributed by atoms with van der Waals surface area (Å²) in [6, 6.07) is 0.516. The molecule has 1 rings (SSSR count). The highest BCUT2D eigenvalue weighted by Crippen LogP contribution is 2.11. The minimum absolute atomic E-state index is 0.170. The zero-order valence-corrected chi connectivity index (χ0v) is 11.6. The first-order valence-electron chi connectivity index (χ1n) is 6.26. The van der Waals surface area contributed by atoms with E-state index in [4.69, 9.17) is 5.73 Å². The van der Waals surface area contributed by atoms with Crippen LogP contribution in [-0.2, 0) is 0 Å². The first kappa shape index (κ1) is 14.5. The van der Waals surface area contributed by atoms with Crippen LogP contribution in [0.2, 0.25) is 0 Å². The van der Waals surface area contributed by atoms with Crippen molar-refractivity contribution in [2.24, 2.45) is 0 Å². The number of rotatable bonds is 6. The standard InChI is InChI=1S/C12H23N5O/c1-5-8(2)17(4)7-6-14-12(18)10-9(3)15-16-11(10)13/h8H,5-7H2,1-4H3,(H,14,18)(H3,13,15,16). The number of carbonyl (C=O) groups excluding carboxylic acids is 1. The van der Waals surface area contributed by atoms with Crippen molar-refractivity contribution in [3.05, 3.63) is 11.3 Å². The van der Waals surface area contributed by atoms with Crippen molar-refractivity contribution in [2.45, 2.75) is 33.2 Å². The second-order valence-electron chi connectivity index (χ2n) is 4.60. The summed E-state index contributed by atoms with van der Waals surface area (Å²) in [6.07, 6.45) is 1.10.